The van der Waals surface area contributed by atoms with Gasteiger partial charge in [-0.3, -0.25) is 76.4 Å². The van der Waals surface area contributed by atoms with Crippen LogP contribution in [0, 0.1) is 11.8 Å². The number of nitrogens with zero attached hydrogens (tertiary/aromatic N) is 6. The van der Waals surface area contributed by atoms with E-state index in [0.717, 1.165) is 16.3 Å². The van der Waals surface area contributed by atoms with Gasteiger partial charge in [0.05, 0.1) is 52.0 Å². The number of ether oxygens (including phenoxy) is 1. The number of aliphatic carboxylic acids is 6. The van der Waals surface area contributed by atoms with Gasteiger partial charge in [-0.1, -0.05) is 62.4 Å². The summed E-state index contributed by atoms with van der Waals surface area (Å²) in [5.41, 5.74) is 3.68. The number of carbonyl (C=O) groups excluding carboxylic acids is 6. The fourth-order valence-electron chi connectivity index (χ4n) is 19.2. The number of benzene rings is 5. The summed E-state index contributed by atoms with van der Waals surface area (Å²) in [4.78, 5) is 162. The first-order valence-electron chi connectivity index (χ1n) is 49.7. The molecule has 814 valence electrons. The lowest BCUT2D eigenvalue weighted by molar-refractivity contribution is -0.438. The van der Waals surface area contributed by atoms with Crippen molar-refractivity contribution in [2.45, 2.75) is 219 Å². The highest BCUT2D eigenvalue weighted by Crippen LogP contribution is 2.50. The zero-order valence-corrected chi connectivity index (χ0v) is 87.0. The van der Waals surface area contributed by atoms with Gasteiger partial charge < -0.3 is 82.0 Å². The van der Waals surface area contributed by atoms with E-state index in [1.54, 1.807) is 31.7 Å². The third-order valence-corrected chi connectivity index (χ3v) is 30.7. The Labute approximate surface area is 865 Å². The molecule has 149 heavy (non-hydrogen) atoms. The van der Waals surface area contributed by atoms with E-state index in [1.807, 2.05) is 104 Å². The van der Waals surface area contributed by atoms with Crippen LogP contribution in [0.5, 0.6) is 5.75 Å². The minimum Gasteiger partial charge on any atom is -0.744 e. The summed E-state index contributed by atoms with van der Waals surface area (Å²) in [6, 6.07) is 20.2. The van der Waals surface area contributed by atoms with E-state index >= 15 is 0 Å². The summed E-state index contributed by atoms with van der Waals surface area (Å²) in [5, 5.41) is 78.7. The molecule has 48 heteroatoms. The third kappa shape index (κ3) is 36.4. The Hall–Kier alpha value is -12.5. The Morgan fingerprint density at radius 2 is 1.05 bits per heavy atom. The van der Waals surface area contributed by atoms with Crippen molar-refractivity contribution in [3.05, 3.63) is 167 Å². The van der Waals surface area contributed by atoms with Crippen LogP contribution in [0.4, 0.5) is 16.2 Å². The van der Waals surface area contributed by atoms with Crippen LogP contribution in [0.2, 0.25) is 0 Å². The quantitative estimate of drug-likeness (QED) is 0.0108. The van der Waals surface area contributed by atoms with Crippen molar-refractivity contribution < 1.29 is 149 Å². The molecule has 3 heterocycles. The molecule has 4 atom stereocenters. The highest BCUT2D eigenvalue weighted by molar-refractivity contribution is 7.86. The van der Waals surface area contributed by atoms with Gasteiger partial charge in [-0.2, -0.15) is 29.8 Å². The van der Waals surface area contributed by atoms with Gasteiger partial charge in [-0.05, 0) is 235 Å². The summed E-state index contributed by atoms with van der Waals surface area (Å²) in [6.07, 6.45) is 12.3. The molecule has 2 aliphatic carbocycles. The molecule has 3 aliphatic heterocycles. The molecule has 1 saturated carbocycles. The molecule has 0 unspecified atom stereocenters. The molecule has 5 aromatic rings. The summed E-state index contributed by atoms with van der Waals surface area (Å²) < 4.78 is 149. The van der Waals surface area contributed by atoms with Crippen molar-refractivity contribution in [3.8, 4) is 5.75 Å². The topological polar surface area (TPSA) is 659 Å². The summed E-state index contributed by atoms with van der Waals surface area (Å²) >= 11 is 0. The smallest absolute Gasteiger partial charge is 0.326 e. The fraction of sp³-hybridized carbons (Fsp3) is 0.515. The van der Waals surface area contributed by atoms with Crippen LogP contribution in [0.15, 0.2) is 165 Å². The van der Waals surface area contributed by atoms with E-state index in [2.05, 4.69) is 37.2 Å². The molecule has 0 radical (unpaired) electrons. The van der Waals surface area contributed by atoms with Crippen molar-refractivity contribution in [2.75, 3.05) is 122 Å². The molecule has 1 saturated heterocycles. The maximum absolute atomic E-state index is 14.6. The van der Waals surface area contributed by atoms with Crippen molar-refractivity contribution >= 4 is 140 Å². The average Bonchev–Trinajstić information content (AvgIpc) is 1.59. The summed E-state index contributed by atoms with van der Waals surface area (Å²) in [6.45, 7) is 7.72. The maximum Gasteiger partial charge on any atom is 0.326 e. The number of nitrogens with one attached hydrogen (secondary N) is 7. The van der Waals surface area contributed by atoms with Gasteiger partial charge >= 0.3 is 41.8 Å². The molecule has 5 aromatic carbocycles. The zero-order chi connectivity index (χ0) is 109. The largest absolute Gasteiger partial charge is 0.744 e. The fourth-order valence-corrected chi connectivity index (χ4v) is 21.3. The van der Waals surface area contributed by atoms with E-state index in [-0.39, 0.29) is 165 Å². The van der Waals surface area contributed by atoms with E-state index in [1.165, 1.54) is 48.5 Å². The van der Waals surface area contributed by atoms with E-state index < -0.39 is 188 Å². The van der Waals surface area contributed by atoms with Gasteiger partial charge in [-0.25, -0.2) is 22.8 Å². The van der Waals surface area contributed by atoms with Crippen molar-refractivity contribution in [1.82, 2.24) is 56.8 Å². The van der Waals surface area contributed by atoms with Crippen LogP contribution < -0.4 is 46.9 Å². The number of rotatable bonds is 53. The molecular weight excluding hydrogens is 2020 g/mol. The Bertz CT molecular complexity index is 6330. The summed E-state index contributed by atoms with van der Waals surface area (Å²) in [7, 11) is -18.6. The van der Waals surface area contributed by atoms with Gasteiger partial charge in [0, 0.05) is 145 Å². The lowest BCUT2D eigenvalue weighted by atomic mass is 9.81. The standard InChI is InChI=1S/C101H135N13O31S4/c1-100(2)77-59-75(148(139,140)141)36-39-83(77)113(85(100)41-30-69-19-16-20-70(93(69)145-73-32-34-74(35-33-73)147(136,137)138)31-42-86-101(3,4)78-60-76(149(142,143)144)37-40-84(78)114(86)47-14-15-56-146(133,134)135)46-13-5-6-23-87(115)102-44-11-9-21-79(105-88(116)62-109-48-50-110(63-90(119)120)52-54-112(65-92(123)124)55-53-111(51-49-109)64-91(121)122)95(126)104-61-66-24-28-71(29-25-66)94(125)106-82(58-67-26-27-68-17-7-8-18-72(68)57-67)96(127)103-45-12-10-22-80(97(128)129)107-99(132)108-81(98(130)131)38-43-89(117)118/h7-8,17-18,26-27,30-37,39-42,57,59-60,66,71,79-82H,5-6,9-16,19-25,28-29,38,43-56,58,61-65H2,1-4H3,(H16-,102,103,104,105,106,107,108,115,116,117,118,119,120,121,122,123,124,125,126,127,128,129,130,131,132,133,134,135,136,137,138,139,140,141,142,143,144)/t66?,71?,79-,80-,81-,82-/m0/s1. The normalized spacial score (nSPS) is 18.6. The lowest BCUT2D eigenvalue weighted by Crippen LogP contribution is -2.52. The van der Waals surface area contributed by atoms with E-state index in [4.69, 9.17) is 9.84 Å². The van der Waals surface area contributed by atoms with E-state index in [9.17, 15) is 135 Å². The van der Waals surface area contributed by atoms with Gasteiger partial charge in [0.25, 0.3) is 30.4 Å². The predicted molar refractivity (Wildman–Crippen MR) is 545 cm³/mol. The minimum atomic E-state index is -4.95. The van der Waals surface area contributed by atoms with Gasteiger partial charge in [-0.15, -0.1) is 0 Å². The molecule has 7 amide bonds. The number of hydrogen-bond donors (Lipinski definition) is 16. The first-order chi connectivity index (χ1) is 70.3. The first-order valence-corrected chi connectivity index (χ1v) is 55.6. The number of carboxylic acids is 6. The molecule has 5 aliphatic rings. The van der Waals surface area contributed by atoms with Crippen LogP contribution in [0.25, 0.3) is 10.8 Å². The predicted octanol–water partition coefficient (Wildman–Crippen LogP) is 6.78. The first kappa shape index (κ1) is 118. The molecule has 0 spiro atoms. The second-order valence-electron chi connectivity index (χ2n) is 39.1. The second-order valence-corrected chi connectivity index (χ2v) is 44.9. The highest BCUT2D eigenvalue weighted by atomic mass is 32.2. The van der Waals surface area contributed by atoms with Crippen LogP contribution in [-0.2, 0) is 110 Å². The zero-order valence-electron chi connectivity index (χ0n) is 83.7. The van der Waals surface area contributed by atoms with Gasteiger partial charge in [0.2, 0.25) is 35.2 Å². The average molecular weight is 2160 g/mol. The Balaban J connectivity index is 0.808. The monoisotopic (exact) mass is 2150 g/mol. The highest BCUT2D eigenvalue weighted by Gasteiger charge is 2.46. The molecule has 10 rings (SSSR count). The van der Waals surface area contributed by atoms with Gasteiger partial charge in [0.1, 0.15) is 52.3 Å². The number of anilines is 1. The van der Waals surface area contributed by atoms with Crippen LogP contribution >= 0.6 is 0 Å². The second kappa shape index (κ2) is 54.3. The Morgan fingerprint density at radius 3 is 1.63 bits per heavy atom. The number of carbonyl (C=O) groups is 12. The number of carboxylic acid groups (broad SMARTS) is 6. The molecule has 44 nitrogen and oxygen atoms in total. The van der Waals surface area contributed by atoms with Crippen LogP contribution in [0.3, 0.4) is 0 Å². The third-order valence-electron chi connectivity index (χ3n) is 27.3. The number of unbranched alkanes of at least 4 members (excludes halogenated alkanes) is 5. The Kier molecular flexibility index (Phi) is 43.1. The molecule has 0 bridgehead atoms. The molecule has 0 aromatic heterocycles. The SMILES string of the molecule is CC1(C)C(/C=C/C2=C(Oc3ccc(S(=O)(=O)O)cc3)C(=C/C=C3/N(CCCCS(=O)(=O)O)c4ccc(S(=O)(=O)O)cc4C3(C)C)/CCC2)=[N+](CCCCCC(=O)NCCCC[C@H](NC(=O)CN2CCN(CC(=O)O)CCN(CC(=O)O)CCN(CC(=O)O)CC2)C(=O)NCC2CCC(C(=O)N[C@@H](Cc3ccc4ccccc4c3)C(=O)NCCCC[C@H](NC(=O)N[C@@H](CCC(=O)O)C(=O)O)C(=O)O)CC2)c2ccc(S(=O)(=O)[O-])cc21. The van der Waals surface area contributed by atoms with Crippen molar-refractivity contribution in [3.63, 3.8) is 0 Å². The summed E-state index contributed by atoms with van der Waals surface area (Å²) in [5.74, 6) is -10.7. The lowest BCUT2D eigenvalue weighted by Gasteiger charge is -2.33. The molecule has 16 N–H and O–H groups in total. The number of allylic oxidation sites excluding steroid dienone is 7. The maximum atomic E-state index is 14.6. The van der Waals surface area contributed by atoms with Gasteiger partial charge in [0.15, 0.2) is 5.71 Å². The number of amides is 7. The number of fused-ring (bicyclic) bond motifs is 3. The minimum absolute atomic E-state index is 0.0258. The number of urea groups is 1. The van der Waals surface area contributed by atoms with Crippen LogP contribution in [-0.4, -0.2) is 325 Å². The van der Waals surface area contributed by atoms with Crippen LogP contribution in [0.1, 0.15) is 179 Å². The molecular formula is C101H135N13O31S4. The number of hydrogen-bond acceptors (Lipinski definition) is 27. The van der Waals surface area contributed by atoms with E-state index in [0.29, 0.717) is 134 Å². The Morgan fingerprint density at radius 1 is 0.497 bits per heavy atom. The van der Waals surface area contributed by atoms with Crippen molar-refractivity contribution in [1.29, 1.82) is 0 Å². The molecule has 2 fully saturated rings. The van der Waals surface area contributed by atoms with Crippen molar-refractivity contribution in [2.24, 2.45) is 11.8 Å².